The fraction of sp³-hybridized carbons (Fsp3) is 0.417. The fourth-order valence-electron chi connectivity index (χ4n) is 2.02. The Morgan fingerprint density at radius 1 is 1.61 bits per heavy atom. The van der Waals surface area contributed by atoms with Crippen LogP contribution in [0.15, 0.2) is 34.5 Å². The van der Waals surface area contributed by atoms with Crippen LogP contribution >= 0.6 is 0 Å². The van der Waals surface area contributed by atoms with Crippen LogP contribution < -0.4 is 0 Å². The van der Waals surface area contributed by atoms with E-state index in [1.807, 2.05) is 0 Å². The Hall–Kier alpha value is -1.63. The highest BCUT2D eigenvalue weighted by Gasteiger charge is 2.50. The summed E-state index contributed by atoms with van der Waals surface area (Å²) in [6.45, 7) is 2.12. The number of hydrogen-bond donors (Lipinski definition) is 1. The standard InChI is InChI=1S/C12H12O6/c1-7-5-12(14,11-16-6-9(7)17-11)18-10(13)8-3-2-4-15-8/h2-5,9,11,14H,6H2,1H3/t9-,11-,12+/m1/s1. The predicted molar refractivity (Wildman–Crippen MR) is 57.4 cm³/mol. The average molecular weight is 252 g/mol. The number of rotatable bonds is 2. The van der Waals surface area contributed by atoms with Gasteiger partial charge < -0.3 is 23.7 Å². The molecule has 0 unspecified atom stereocenters. The molecule has 0 amide bonds. The molecule has 2 aliphatic rings. The van der Waals surface area contributed by atoms with Crippen LogP contribution in [-0.4, -0.2) is 35.9 Å². The van der Waals surface area contributed by atoms with E-state index in [0.717, 1.165) is 5.57 Å². The van der Waals surface area contributed by atoms with Gasteiger partial charge in [0.15, 0.2) is 0 Å². The van der Waals surface area contributed by atoms with Crippen molar-refractivity contribution in [2.45, 2.75) is 25.1 Å². The molecule has 18 heavy (non-hydrogen) atoms. The van der Waals surface area contributed by atoms with Gasteiger partial charge in [0.2, 0.25) is 12.1 Å². The number of fused-ring (bicyclic) bond motifs is 2. The highest BCUT2D eigenvalue weighted by atomic mass is 16.8. The summed E-state index contributed by atoms with van der Waals surface area (Å²) in [7, 11) is 0. The summed E-state index contributed by atoms with van der Waals surface area (Å²) in [4.78, 5) is 11.7. The number of aliphatic hydroxyl groups is 1. The molecule has 0 aliphatic carbocycles. The van der Waals surface area contributed by atoms with Crippen LogP contribution in [0.1, 0.15) is 17.5 Å². The molecule has 0 aromatic carbocycles. The SMILES string of the molecule is CC1=C[C@](O)(OC(=O)c2ccco2)[C@@H]2OC[C@H]1O2. The van der Waals surface area contributed by atoms with Crippen LogP contribution in [-0.2, 0) is 14.2 Å². The third-order valence-corrected chi connectivity index (χ3v) is 2.95. The molecule has 0 saturated carbocycles. The molecule has 6 nitrogen and oxygen atoms in total. The van der Waals surface area contributed by atoms with Crippen LogP contribution in [0.3, 0.4) is 0 Å². The number of furan rings is 1. The Balaban J connectivity index is 1.83. The van der Waals surface area contributed by atoms with Crippen molar-refractivity contribution in [1.82, 2.24) is 0 Å². The summed E-state index contributed by atoms with van der Waals surface area (Å²) in [5.74, 6) is -2.68. The van der Waals surface area contributed by atoms with Crippen molar-refractivity contribution >= 4 is 5.97 Å². The molecule has 2 aliphatic heterocycles. The van der Waals surface area contributed by atoms with E-state index in [4.69, 9.17) is 18.6 Å². The molecule has 6 heteroatoms. The summed E-state index contributed by atoms with van der Waals surface area (Å²) < 4.78 is 20.6. The molecular weight excluding hydrogens is 240 g/mol. The van der Waals surface area contributed by atoms with Gasteiger partial charge in [0.25, 0.3) is 5.79 Å². The third kappa shape index (κ3) is 1.74. The van der Waals surface area contributed by atoms with Gasteiger partial charge in [0.1, 0.15) is 6.10 Å². The van der Waals surface area contributed by atoms with E-state index in [2.05, 4.69) is 0 Å². The number of carbonyl (C=O) groups is 1. The zero-order valence-corrected chi connectivity index (χ0v) is 9.66. The molecule has 2 bridgehead atoms. The highest BCUT2D eigenvalue weighted by molar-refractivity contribution is 5.86. The Bertz CT molecular complexity index is 491. The van der Waals surface area contributed by atoms with Crippen molar-refractivity contribution in [3.8, 4) is 0 Å². The van der Waals surface area contributed by atoms with Gasteiger partial charge in [-0.1, -0.05) is 0 Å². The van der Waals surface area contributed by atoms with Gasteiger partial charge in [-0.3, -0.25) is 0 Å². The van der Waals surface area contributed by atoms with Crippen LogP contribution in [0.5, 0.6) is 0 Å². The first kappa shape index (κ1) is 11.5. The lowest BCUT2D eigenvalue weighted by Crippen LogP contribution is -2.48. The molecule has 0 spiro atoms. The lowest BCUT2D eigenvalue weighted by atomic mass is 10.1. The Kier molecular flexibility index (Phi) is 2.51. The second-order valence-corrected chi connectivity index (χ2v) is 4.30. The van der Waals surface area contributed by atoms with E-state index in [0.29, 0.717) is 6.61 Å². The van der Waals surface area contributed by atoms with E-state index in [-0.39, 0.29) is 11.9 Å². The monoisotopic (exact) mass is 252 g/mol. The van der Waals surface area contributed by atoms with Crippen molar-refractivity contribution in [2.75, 3.05) is 6.61 Å². The van der Waals surface area contributed by atoms with E-state index in [9.17, 15) is 9.90 Å². The van der Waals surface area contributed by atoms with Crippen LogP contribution in [0.4, 0.5) is 0 Å². The lowest BCUT2D eigenvalue weighted by molar-refractivity contribution is -0.265. The van der Waals surface area contributed by atoms with Gasteiger partial charge in [-0.2, -0.15) is 0 Å². The average Bonchev–Trinajstić information content (AvgIpc) is 2.98. The zero-order chi connectivity index (χ0) is 12.8. The summed E-state index contributed by atoms with van der Waals surface area (Å²) in [5.41, 5.74) is 0.762. The van der Waals surface area contributed by atoms with Gasteiger partial charge in [-0.25, -0.2) is 4.79 Å². The molecule has 3 atom stereocenters. The first-order valence-corrected chi connectivity index (χ1v) is 5.54. The summed E-state index contributed by atoms with van der Waals surface area (Å²) in [6.07, 6.45) is 1.61. The maximum absolute atomic E-state index is 11.7. The summed E-state index contributed by atoms with van der Waals surface area (Å²) in [6, 6.07) is 3.01. The number of hydrogen-bond acceptors (Lipinski definition) is 6. The second-order valence-electron chi connectivity index (χ2n) is 4.30. The highest BCUT2D eigenvalue weighted by Crippen LogP contribution is 2.35. The molecule has 1 aromatic rings. The minimum atomic E-state index is -1.92. The topological polar surface area (TPSA) is 78.1 Å². The number of esters is 1. The lowest BCUT2D eigenvalue weighted by Gasteiger charge is -2.32. The van der Waals surface area contributed by atoms with E-state index in [1.54, 1.807) is 13.0 Å². The zero-order valence-electron chi connectivity index (χ0n) is 9.66. The van der Waals surface area contributed by atoms with Gasteiger partial charge in [-0.15, -0.1) is 0 Å². The molecule has 1 saturated heterocycles. The first-order valence-electron chi connectivity index (χ1n) is 5.54. The third-order valence-electron chi connectivity index (χ3n) is 2.95. The number of carbonyl (C=O) groups excluding carboxylic acids is 1. The largest absolute Gasteiger partial charge is 0.457 e. The van der Waals surface area contributed by atoms with Crippen molar-refractivity contribution in [2.24, 2.45) is 0 Å². The second kappa shape index (κ2) is 3.94. The smallest absolute Gasteiger partial charge is 0.377 e. The van der Waals surface area contributed by atoms with E-state index < -0.39 is 18.0 Å². The molecular formula is C12H12O6. The summed E-state index contributed by atoms with van der Waals surface area (Å²) in [5, 5.41) is 10.3. The van der Waals surface area contributed by atoms with Crippen LogP contribution in [0, 0.1) is 0 Å². The molecule has 3 rings (SSSR count). The first-order chi connectivity index (χ1) is 8.58. The molecule has 1 N–H and O–H groups in total. The molecule has 1 aromatic heterocycles. The molecule has 0 radical (unpaired) electrons. The Morgan fingerprint density at radius 3 is 3.17 bits per heavy atom. The quantitative estimate of drug-likeness (QED) is 0.477. The Morgan fingerprint density at radius 2 is 2.44 bits per heavy atom. The molecule has 1 fully saturated rings. The van der Waals surface area contributed by atoms with Crippen LogP contribution in [0.25, 0.3) is 0 Å². The molecule has 96 valence electrons. The normalized spacial score (nSPS) is 34.2. The predicted octanol–water partition coefficient (Wildman–Crippen LogP) is 0.826. The van der Waals surface area contributed by atoms with Gasteiger partial charge in [0.05, 0.1) is 12.9 Å². The van der Waals surface area contributed by atoms with Crippen LogP contribution in [0.2, 0.25) is 0 Å². The van der Waals surface area contributed by atoms with Crippen molar-refractivity contribution < 1.29 is 28.5 Å². The minimum Gasteiger partial charge on any atom is -0.457 e. The molecule has 3 heterocycles. The van der Waals surface area contributed by atoms with Gasteiger partial charge >= 0.3 is 5.97 Å². The maximum atomic E-state index is 11.7. The van der Waals surface area contributed by atoms with Crippen molar-refractivity contribution in [3.63, 3.8) is 0 Å². The van der Waals surface area contributed by atoms with E-state index >= 15 is 0 Å². The van der Waals surface area contributed by atoms with Crippen molar-refractivity contribution in [3.05, 3.63) is 35.8 Å². The minimum absolute atomic E-state index is 0.00889. The Labute approximate surface area is 103 Å². The maximum Gasteiger partial charge on any atom is 0.377 e. The van der Waals surface area contributed by atoms with Gasteiger partial charge in [-0.05, 0) is 30.7 Å². The van der Waals surface area contributed by atoms with Crippen molar-refractivity contribution in [1.29, 1.82) is 0 Å². The van der Waals surface area contributed by atoms with E-state index in [1.165, 1.54) is 18.4 Å². The fourth-order valence-corrected chi connectivity index (χ4v) is 2.02. The number of ether oxygens (including phenoxy) is 3. The summed E-state index contributed by atoms with van der Waals surface area (Å²) >= 11 is 0. The van der Waals surface area contributed by atoms with Gasteiger partial charge in [0, 0.05) is 0 Å².